The molecule has 5 nitrogen and oxygen atoms in total. The number of aromatic carboxylic acids is 1. The molecule has 15 heavy (non-hydrogen) atoms. The lowest BCUT2D eigenvalue weighted by Gasteiger charge is -2.21. The smallest absolute Gasteiger partial charge is 0.356 e. The second kappa shape index (κ2) is 4.35. The summed E-state index contributed by atoms with van der Waals surface area (Å²) in [7, 11) is 1.62. The molecule has 82 valence electrons. The monoisotopic (exact) mass is 210 g/mol. The minimum Gasteiger partial charge on any atom is -0.476 e. The highest BCUT2D eigenvalue weighted by atomic mass is 16.5. The quantitative estimate of drug-likeness (QED) is 0.806. The number of carboxylic acid groups (broad SMARTS) is 1. The van der Waals surface area contributed by atoms with Gasteiger partial charge in [-0.1, -0.05) is 0 Å². The first-order chi connectivity index (χ1) is 6.94. The molecule has 0 aliphatic rings. The van der Waals surface area contributed by atoms with E-state index in [1.165, 1.54) is 12.4 Å². The molecule has 0 saturated carbocycles. The van der Waals surface area contributed by atoms with Gasteiger partial charge in [-0.2, -0.15) is 0 Å². The number of nitrogens with zero attached hydrogens (tertiary/aromatic N) is 2. The summed E-state index contributed by atoms with van der Waals surface area (Å²) >= 11 is 0. The molecule has 0 bridgehead atoms. The van der Waals surface area contributed by atoms with Crippen molar-refractivity contribution in [2.24, 2.45) is 0 Å². The topological polar surface area (TPSA) is 72.3 Å². The molecule has 0 spiro atoms. The van der Waals surface area contributed by atoms with Gasteiger partial charge < -0.3 is 9.84 Å². The SMILES string of the molecule is COC(C)(C)Cc1cnc(C(=O)O)cn1. The van der Waals surface area contributed by atoms with Crippen molar-refractivity contribution in [3.63, 3.8) is 0 Å². The Balaban J connectivity index is 2.77. The van der Waals surface area contributed by atoms with E-state index in [0.29, 0.717) is 12.1 Å². The third kappa shape index (κ3) is 3.28. The standard InChI is InChI=1S/C10H14N2O3/c1-10(2,15-3)4-7-5-12-8(6-11-7)9(13)14/h5-6H,4H2,1-3H3,(H,13,14). The highest BCUT2D eigenvalue weighted by molar-refractivity contribution is 5.84. The predicted octanol–water partition coefficient (Wildman–Crippen LogP) is 1.14. The molecule has 0 aliphatic carbocycles. The highest BCUT2D eigenvalue weighted by Crippen LogP contribution is 2.13. The van der Waals surface area contributed by atoms with Crippen LogP contribution in [0.25, 0.3) is 0 Å². The van der Waals surface area contributed by atoms with E-state index in [0.717, 1.165) is 0 Å². The maximum Gasteiger partial charge on any atom is 0.356 e. The van der Waals surface area contributed by atoms with E-state index in [1.807, 2.05) is 13.8 Å². The molecule has 0 saturated heterocycles. The van der Waals surface area contributed by atoms with E-state index >= 15 is 0 Å². The zero-order valence-electron chi connectivity index (χ0n) is 9.02. The Bertz CT molecular complexity index is 346. The van der Waals surface area contributed by atoms with E-state index in [-0.39, 0.29) is 11.3 Å². The number of carbonyl (C=O) groups is 1. The van der Waals surface area contributed by atoms with Crippen molar-refractivity contribution in [1.29, 1.82) is 0 Å². The first kappa shape index (κ1) is 11.6. The maximum absolute atomic E-state index is 10.5. The third-order valence-electron chi connectivity index (χ3n) is 2.08. The van der Waals surface area contributed by atoms with Crippen LogP contribution in [0.4, 0.5) is 0 Å². The van der Waals surface area contributed by atoms with Gasteiger partial charge in [0, 0.05) is 19.7 Å². The molecule has 0 aliphatic heterocycles. The second-order valence-corrected chi connectivity index (χ2v) is 3.84. The number of carboxylic acids is 1. The minimum absolute atomic E-state index is 0.0472. The molecule has 1 N–H and O–H groups in total. The Morgan fingerprint density at radius 3 is 2.53 bits per heavy atom. The summed E-state index contributed by atoms with van der Waals surface area (Å²) < 4.78 is 5.24. The fraction of sp³-hybridized carbons (Fsp3) is 0.500. The van der Waals surface area contributed by atoms with Crippen LogP contribution >= 0.6 is 0 Å². The first-order valence-corrected chi connectivity index (χ1v) is 4.54. The fourth-order valence-corrected chi connectivity index (χ4v) is 1.06. The summed E-state index contributed by atoms with van der Waals surface area (Å²) in [6.45, 7) is 3.86. The van der Waals surface area contributed by atoms with Gasteiger partial charge in [0.25, 0.3) is 0 Å². The zero-order chi connectivity index (χ0) is 11.5. The lowest BCUT2D eigenvalue weighted by Crippen LogP contribution is -2.26. The van der Waals surface area contributed by atoms with Crippen LogP contribution < -0.4 is 0 Å². The van der Waals surface area contributed by atoms with Crippen molar-refractivity contribution in [3.05, 3.63) is 23.8 Å². The number of hydrogen-bond acceptors (Lipinski definition) is 4. The van der Waals surface area contributed by atoms with Crippen LogP contribution in [0.3, 0.4) is 0 Å². The Labute approximate surface area is 88.1 Å². The van der Waals surface area contributed by atoms with Gasteiger partial charge in [-0.25, -0.2) is 9.78 Å². The molecular formula is C10H14N2O3. The van der Waals surface area contributed by atoms with Gasteiger partial charge in [-0.05, 0) is 13.8 Å². The van der Waals surface area contributed by atoms with Crippen molar-refractivity contribution in [3.8, 4) is 0 Å². The van der Waals surface area contributed by atoms with E-state index in [9.17, 15) is 4.79 Å². The van der Waals surface area contributed by atoms with Crippen LogP contribution in [0, 0.1) is 0 Å². The first-order valence-electron chi connectivity index (χ1n) is 4.54. The number of ether oxygens (including phenoxy) is 1. The average Bonchev–Trinajstić information content (AvgIpc) is 2.18. The number of methoxy groups -OCH3 is 1. The summed E-state index contributed by atoms with van der Waals surface area (Å²) in [5.41, 5.74) is 0.347. The van der Waals surface area contributed by atoms with Crippen molar-refractivity contribution in [2.75, 3.05) is 7.11 Å². The average molecular weight is 210 g/mol. The number of hydrogen-bond donors (Lipinski definition) is 1. The molecule has 5 heteroatoms. The van der Waals surface area contributed by atoms with Gasteiger partial charge >= 0.3 is 5.97 Å². The van der Waals surface area contributed by atoms with Gasteiger partial charge in [0.1, 0.15) is 0 Å². The van der Waals surface area contributed by atoms with E-state index < -0.39 is 5.97 Å². The van der Waals surface area contributed by atoms with E-state index in [4.69, 9.17) is 9.84 Å². The molecule has 1 rings (SSSR count). The molecule has 0 radical (unpaired) electrons. The lowest BCUT2D eigenvalue weighted by molar-refractivity contribution is 0.0223. The second-order valence-electron chi connectivity index (χ2n) is 3.84. The maximum atomic E-state index is 10.5. The van der Waals surface area contributed by atoms with Crippen LogP contribution in [-0.4, -0.2) is 33.8 Å². The molecule has 0 aromatic carbocycles. The lowest BCUT2D eigenvalue weighted by atomic mass is 10.0. The zero-order valence-corrected chi connectivity index (χ0v) is 9.02. The van der Waals surface area contributed by atoms with Gasteiger partial charge in [0.2, 0.25) is 0 Å². The largest absolute Gasteiger partial charge is 0.476 e. The molecule has 1 aromatic rings. The van der Waals surface area contributed by atoms with Crippen LogP contribution in [0.1, 0.15) is 30.0 Å². The number of rotatable bonds is 4. The van der Waals surface area contributed by atoms with Gasteiger partial charge in [0.15, 0.2) is 5.69 Å². The molecule has 0 amide bonds. The summed E-state index contributed by atoms with van der Waals surface area (Å²) in [6.07, 6.45) is 3.31. The molecular weight excluding hydrogens is 196 g/mol. The molecule has 0 unspecified atom stereocenters. The Morgan fingerprint density at radius 2 is 2.13 bits per heavy atom. The summed E-state index contributed by atoms with van der Waals surface area (Å²) in [5.74, 6) is -1.07. The molecule has 1 heterocycles. The van der Waals surface area contributed by atoms with E-state index in [2.05, 4.69) is 9.97 Å². The Hall–Kier alpha value is -1.49. The van der Waals surface area contributed by atoms with Gasteiger partial charge in [-0.15, -0.1) is 0 Å². The predicted molar refractivity (Wildman–Crippen MR) is 53.8 cm³/mol. The van der Waals surface area contributed by atoms with Crippen molar-refractivity contribution < 1.29 is 14.6 Å². The Kier molecular flexibility index (Phi) is 3.36. The molecule has 0 atom stereocenters. The molecule has 0 fully saturated rings. The van der Waals surface area contributed by atoms with Crippen LogP contribution in [0.5, 0.6) is 0 Å². The summed E-state index contributed by atoms with van der Waals surface area (Å²) in [6, 6.07) is 0. The van der Waals surface area contributed by atoms with Crippen molar-refractivity contribution >= 4 is 5.97 Å². The fourth-order valence-electron chi connectivity index (χ4n) is 1.06. The molecule has 1 aromatic heterocycles. The Morgan fingerprint density at radius 1 is 1.47 bits per heavy atom. The summed E-state index contributed by atoms with van der Waals surface area (Å²) in [4.78, 5) is 18.3. The van der Waals surface area contributed by atoms with Crippen molar-refractivity contribution in [1.82, 2.24) is 9.97 Å². The minimum atomic E-state index is -1.07. The van der Waals surface area contributed by atoms with Gasteiger partial charge in [-0.3, -0.25) is 4.98 Å². The van der Waals surface area contributed by atoms with Gasteiger partial charge in [0.05, 0.1) is 17.5 Å². The van der Waals surface area contributed by atoms with Crippen molar-refractivity contribution in [2.45, 2.75) is 25.9 Å². The van der Waals surface area contributed by atoms with Crippen LogP contribution in [0.2, 0.25) is 0 Å². The third-order valence-corrected chi connectivity index (χ3v) is 2.08. The summed E-state index contributed by atoms with van der Waals surface area (Å²) in [5, 5.41) is 8.63. The number of aromatic nitrogens is 2. The van der Waals surface area contributed by atoms with E-state index in [1.54, 1.807) is 7.11 Å². The normalized spacial score (nSPS) is 11.4. The van der Waals surface area contributed by atoms with Crippen LogP contribution in [0.15, 0.2) is 12.4 Å². The highest BCUT2D eigenvalue weighted by Gasteiger charge is 2.18. The van der Waals surface area contributed by atoms with Crippen LogP contribution in [-0.2, 0) is 11.2 Å².